The Kier molecular flexibility index (Phi) is 8.09. The lowest BCUT2D eigenvalue weighted by molar-refractivity contribution is -0.137. The quantitative estimate of drug-likeness (QED) is 0.252. The van der Waals surface area contributed by atoms with Crippen LogP contribution in [-0.4, -0.2) is 44.9 Å². The molecule has 1 fully saturated rings. The van der Waals surface area contributed by atoms with E-state index in [-0.39, 0.29) is 12.3 Å². The lowest BCUT2D eigenvalue weighted by Crippen LogP contribution is -2.44. The van der Waals surface area contributed by atoms with Crippen LogP contribution in [0.2, 0.25) is 5.02 Å². The molecule has 4 aromatic rings. The van der Waals surface area contributed by atoms with Gasteiger partial charge in [-0.25, -0.2) is 9.97 Å². The van der Waals surface area contributed by atoms with Crippen LogP contribution in [0.25, 0.3) is 22.3 Å². The predicted molar refractivity (Wildman–Crippen MR) is 154 cm³/mol. The zero-order valence-electron chi connectivity index (χ0n) is 22.0. The summed E-state index contributed by atoms with van der Waals surface area (Å²) in [5.41, 5.74) is 4.58. The van der Waals surface area contributed by atoms with Crippen LogP contribution in [0.3, 0.4) is 0 Å². The van der Waals surface area contributed by atoms with Crippen LogP contribution in [0.4, 0.5) is 0 Å². The number of carboxylic acids is 1. The number of unbranched alkanes of at least 4 members (excludes halogenated alkanes) is 1. The van der Waals surface area contributed by atoms with Crippen molar-refractivity contribution >= 4 is 34.5 Å². The Morgan fingerprint density at radius 2 is 1.68 bits per heavy atom. The molecule has 1 amide bonds. The van der Waals surface area contributed by atoms with Gasteiger partial charge in [-0.1, -0.05) is 54.1 Å². The minimum atomic E-state index is -0.820. The van der Waals surface area contributed by atoms with Gasteiger partial charge in [-0.3, -0.25) is 9.59 Å². The van der Waals surface area contributed by atoms with E-state index in [2.05, 4.69) is 6.07 Å². The van der Waals surface area contributed by atoms with Gasteiger partial charge in [-0.15, -0.1) is 0 Å². The van der Waals surface area contributed by atoms with Crippen molar-refractivity contribution in [2.75, 3.05) is 13.1 Å². The Balaban J connectivity index is 1.39. The maximum Gasteiger partial charge on any atom is 0.303 e. The molecule has 1 aliphatic heterocycles. The number of benzene rings is 3. The number of rotatable bonds is 8. The van der Waals surface area contributed by atoms with Crippen LogP contribution in [0.15, 0.2) is 72.8 Å². The first kappa shape index (κ1) is 27.3. The number of aromatic nitrogens is 2. The van der Waals surface area contributed by atoms with E-state index in [1.165, 1.54) is 0 Å². The van der Waals surface area contributed by atoms with Gasteiger partial charge in [0.15, 0.2) is 0 Å². The highest BCUT2D eigenvalue weighted by Crippen LogP contribution is 2.35. The smallest absolute Gasteiger partial charge is 0.303 e. The van der Waals surface area contributed by atoms with Gasteiger partial charge >= 0.3 is 5.97 Å². The van der Waals surface area contributed by atoms with Crippen LogP contribution in [0.5, 0.6) is 0 Å². The van der Waals surface area contributed by atoms with E-state index in [0.29, 0.717) is 66.8 Å². The fourth-order valence-corrected chi connectivity index (χ4v) is 5.43. The number of carbonyl (C=O) groups is 2. The molecule has 8 heteroatoms. The number of carbonyl (C=O) groups excluding carboxylic acids is 1. The van der Waals surface area contributed by atoms with Gasteiger partial charge in [0.25, 0.3) is 5.91 Å². The number of hydrogen-bond donors (Lipinski definition) is 1. The van der Waals surface area contributed by atoms with Crippen molar-refractivity contribution in [1.82, 2.24) is 14.9 Å². The van der Waals surface area contributed by atoms with E-state index in [4.69, 9.17) is 26.7 Å². The topological polar surface area (TPSA) is 107 Å². The van der Waals surface area contributed by atoms with Crippen molar-refractivity contribution in [1.29, 1.82) is 5.26 Å². The summed E-state index contributed by atoms with van der Waals surface area (Å²) < 4.78 is 0. The summed E-state index contributed by atoms with van der Waals surface area (Å²) in [6, 6.07) is 25.1. The molecule has 1 N–H and O–H groups in total. The number of likely N-dealkylation sites (tertiary alicyclic amines) is 1. The molecule has 0 saturated carbocycles. The lowest BCUT2D eigenvalue weighted by atomic mass is 9.74. The molecule has 1 aromatic heterocycles. The molecular weight excluding hydrogens is 524 g/mol. The van der Waals surface area contributed by atoms with Gasteiger partial charge in [0.05, 0.1) is 33.9 Å². The van der Waals surface area contributed by atoms with Crippen LogP contribution in [-0.2, 0) is 16.6 Å². The maximum absolute atomic E-state index is 13.5. The minimum absolute atomic E-state index is 0.0897. The Bertz CT molecular complexity index is 1570. The second-order valence-corrected chi connectivity index (χ2v) is 10.6. The van der Waals surface area contributed by atoms with Crippen LogP contribution in [0.1, 0.15) is 53.7 Å². The predicted octanol–water partition coefficient (Wildman–Crippen LogP) is 6.45. The maximum atomic E-state index is 13.5. The van der Waals surface area contributed by atoms with Gasteiger partial charge in [0.2, 0.25) is 0 Å². The van der Waals surface area contributed by atoms with Crippen molar-refractivity contribution in [2.24, 2.45) is 0 Å². The second-order valence-electron chi connectivity index (χ2n) is 10.2. The first-order valence-electron chi connectivity index (χ1n) is 13.4. The van der Waals surface area contributed by atoms with Gasteiger partial charge < -0.3 is 10.0 Å². The molecule has 1 aliphatic rings. The molecular formula is C32H29ClN4O3. The number of nitriles is 1. The average molecular weight is 553 g/mol. The van der Waals surface area contributed by atoms with Crippen molar-refractivity contribution in [3.05, 3.63) is 94.6 Å². The summed E-state index contributed by atoms with van der Waals surface area (Å²) in [4.78, 5) is 36.0. The highest BCUT2D eigenvalue weighted by molar-refractivity contribution is 6.30. The molecule has 40 heavy (non-hydrogen) atoms. The summed E-state index contributed by atoms with van der Waals surface area (Å²) in [6.45, 7) is 0.991. The summed E-state index contributed by atoms with van der Waals surface area (Å²) in [7, 11) is 0. The van der Waals surface area contributed by atoms with Crippen molar-refractivity contribution < 1.29 is 14.7 Å². The van der Waals surface area contributed by atoms with Crippen molar-refractivity contribution in [2.45, 2.75) is 43.9 Å². The number of nitrogens with zero attached hydrogens (tertiary/aromatic N) is 4. The Morgan fingerprint density at radius 3 is 2.35 bits per heavy atom. The molecule has 0 aliphatic carbocycles. The summed E-state index contributed by atoms with van der Waals surface area (Å²) in [5, 5.41) is 19.6. The molecule has 3 aromatic carbocycles. The molecule has 0 radical (unpaired) electrons. The number of piperidine rings is 1. The van der Waals surface area contributed by atoms with E-state index < -0.39 is 11.4 Å². The molecule has 5 rings (SSSR count). The Hall–Kier alpha value is -4.28. The lowest BCUT2D eigenvalue weighted by Gasteiger charge is -2.37. The molecule has 0 bridgehead atoms. The number of fused-ring (bicyclic) bond motifs is 1. The normalized spacial score (nSPS) is 14.6. The molecule has 0 atom stereocenters. The molecule has 1 saturated heterocycles. The van der Waals surface area contributed by atoms with E-state index in [0.717, 1.165) is 22.5 Å². The largest absolute Gasteiger partial charge is 0.481 e. The number of aryl methyl sites for hydroxylation is 1. The second kappa shape index (κ2) is 11.8. The SMILES string of the molecule is N#CC1(c2ccccc2)CCN(C(=O)c2ccc3nc(-c4ccc(Cl)cc4)c(CCCCC(=O)O)nc3c2)CC1. The zero-order valence-corrected chi connectivity index (χ0v) is 22.8. The molecule has 0 unspecified atom stereocenters. The van der Waals surface area contributed by atoms with Crippen LogP contribution < -0.4 is 0 Å². The fourth-order valence-electron chi connectivity index (χ4n) is 5.30. The third kappa shape index (κ3) is 5.83. The molecule has 2 heterocycles. The van der Waals surface area contributed by atoms with Crippen molar-refractivity contribution in [3.63, 3.8) is 0 Å². The van der Waals surface area contributed by atoms with E-state index in [9.17, 15) is 14.9 Å². The average Bonchev–Trinajstić information content (AvgIpc) is 2.99. The number of amides is 1. The monoisotopic (exact) mass is 552 g/mol. The molecule has 202 valence electrons. The van der Waals surface area contributed by atoms with Gasteiger partial charge in [-0.2, -0.15) is 5.26 Å². The summed E-state index contributed by atoms with van der Waals surface area (Å²) in [6.07, 6.45) is 3.02. The number of carboxylic acid groups (broad SMARTS) is 1. The minimum Gasteiger partial charge on any atom is -0.481 e. The number of hydrogen-bond acceptors (Lipinski definition) is 5. The first-order chi connectivity index (χ1) is 19.4. The summed E-state index contributed by atoms with van der Waals surface area (Å²) >= 11 is 6.09. The van der Waals surface area contributed by atoms with E-state index >= 15 is 0 Å². The van der Waals surface area contributed by atoms with E-state index in [1.807, 2.05) is 53.4 Å². The van der Waals surface area contributed by atoms with Crippen molar-refractivity contribution in [3.8, 4) is 17.3 Å². The summed E-state index contributed by atoms with van der Waals surface area (Å²) in [5.74, 6) is -0.910. The van der Waals surface area contributed by atoms with Gasteiger partial charge in [0.1, 0.15) is 0 Å². The third-order valence-electron chi connectivity index (χ3n) is 7.60. The molecule has 0 spiro atoms. The number of halogens is 1. The Labute approximate surface area is 238 Å². The van der Waals surface area contributed by atoms with E-state index in [1.54, 1.807) is 24.3 Å². The third-order valence-corrected chi connectivity index (χ3v) is 7.85. The highest BCUT2D eigenvalue weighted by Gasteiger charge is 2.37. The van der Waals surface area contributed by atoms with Crippen LogP contribution in [0, 0.1) is 11.3 Å². The highest BCUT2D eigenvalue weighted by atomic mass is 35.5. The Morgan fingerprint density at radius 1 is 0.950 bits per heavy atom. The van der Waals surface area contributed by atoms with Crippen LogP contribution >= 0.6 is 11.6 Å². The standard InChI is InChI=1S/C32H29ClN4O3/c33-25-13-10-22(11-14-25)30-27(8-4-5-9-29(38)39)35-28-20-23(12-15-26(28)36-30)31(40)37-18-16-32(21-34,17-19-37)24-6-2-1-3-7-24/h1-3,6-7,10-15,20H,4-5,8-9,16-19H2,(H,38,39). The molecule has 7 nitrogen and oxygen atoms in total. The first-order valence-corrected chi connectivity index (χ1v) is 13.8. The van der Waals surface area contributed by atoms with Gasteiger partial charge in [0, 0.05) is 35.7 Å². The fraction of sp³-hybridized carbons (Fsp3) is 0.281. The van der Waals surface area contributed by atoms with Gasteiger partial charge in [-0.05, 0) is 68.0 Å². The number of aliphatic carboxylic acids is 1. The zero-order chi connectivity index (χ0) is 28.1.